The van der Waals surface area contributed by atoms with Gasteiger partial charge in [-0.15, -0.1) is 0 Å². The maximum absolute atomic E-state index is 13.1. The number of anilines is 1. The van der Waals surface area contributed by atoms with Crippen molar-refractivity contribution >= 4 is 45.8 Å². The molecule has 0 aliphatic carbocycles. The van der Waals surface area contributed by atoms with Gasteiger partial charge in [0.2, 0.25) is 5.91 Å². The van der Waals surface area contributed by atoms with Crippen molar-refractivity contribution in [3.63, 3.8) is 0 Å². The molecule has 2 N–H and O–H groups in total. The maximum Gasteiger partial charge on any atom is 0.417 e. The predicted octanol–water partition coefficient (Wildman–Crippen LogP) is 6.54. The highest BCUT2D eigenvalue weighted by atomic mass is 35.5. The van der Waals surface area contributed by atoms with Crippen molar-refractivity contribution in [2.24, 2.45) is 0 Å². The number of hydrogen-bond acceptors (Lipinski definition) is 4. The molecule has 14 heteroatoms. The molecule has 0 fully saturated rings. The number of fused-ring (bicyclic) bond motifs is 1. The molecule has 0 atom stereocenters. The Morgan fingerprint density at radius 3 is 2.13 bits per heavy atom. The minimum atomic E-state index is -4.62. The van der Waals surface area contributed by atoms with Crippen molar-refractivity contribution < 1.29 is 31.1 Å². The fraction of sp³-hybridized carbons (Fsp3) is 0.208. The van der Waals surface area contributed by atoms with Gasteiger partial charge < -0.3 is 10.6 Å². The summed E-state index contributed by atoms with van der Waals surface area (Å²) in [6.45, 7) is 0.191. The van der Waals surface area contributed by atoms with E-state index in [1.807, 2.05) is 0 Å². The van der Waals surface area contributed by atoms with Crippen molar-refractivity contribution in [1.29, 1.82) is 0 Å². The number of alkyl halides is 6. The summed E-state index contributed by atoms with van der Waals surface area (Å²) in [4.78, 5) is 20.2. The monoisotopic (exact) mass is 575 g/mol. The molecule has 200 valence electrons. The number of carbonyl (C=O) groups is 1. The summed E-state index contributed by atoms with van der Waals surface area (Å²) < 4.78 is 78.9. The number of carbonyl (C=O) groups excluding carboxylic acids is 1. The Morgan fingerprint density at radius 1 is 0.868 bits per heavy atom. The Labute approximate surface area is 221 Å². The van der Waals surface area contributed by atoms with Crippen LogP contribution < -0.4 is 10.6 Å². The number of rotatable bonds is 7. The van der Waals surface area contributed by atoms with Crippen molar-refractivity contribution in [2.75, 3.05) is 18.4 Å². The third-order valence-corrected chi connectivity index (χ3v) is 5.96. The summed E-state index contributed by atoms with van der Waals surface area (Å²) in [7, 11) is 0. The van der Waals surface area contributed by atoms with Crippen LogP contribution in [0.3, 0.4) is 0 Å². The average molecular weight is 576 g/mol. The SMILES string of the molecule is O=C(Cc1cc2ccccc2n1-c1ncc(C(F)(F)F)cc1Cl)NCCNc1ncc(C(F)(F)F)cc1Cl. The Kier molecular flexibility index (Phi) is 7.75. The molecule has 4 rings (SSSR count). The molecular weight excluding hydrogens is 559 g/mol. The van der Waals surface area contributed by atoms with E-state index in [4.69, 9.17) is 23.2 Å². The van der Waals surface area contributed by atoms with Crippen molar-refractivity contribution in [2.45, 2.75) is 18.8 Å². The van der Waals surface area contributed by atoms with E-state index in [9.17, 15) is 31.1 Å². The molecule has 4 aromatic rings. The van der Waals surface area contributed by atoms with Crippen LogP contribution in [0.2, 0.25) is 10.0 Å². The number of aromatic nitrogens is 3. The molecule has 0 aliphatic rings. The lowest BCUT2D eigenvalue weighted by Crippen LogP contribution is -2.30. The van der Waals surface area contributed by atoms with Crippen LogP contribution in [-0.4, -0.2) is 33.5 Å². The maximum atomic E-state index is 13.1. The number of halogens is 8. The summed E-state index contributed by atoms with van der Waals surface area (Å²) in [5.74, 6) is -0.365. The van der Waals surface area contributed by atoms with Gasteiger partial charge in [0.25, 0.3) is 0 Å². The molecule has 0 unspecified atom stereocenters. The van der Waals surface area contributed by atoms with Crippen LogP contribution in [0.15, 0.2) is 54.9 Å². The van der Waals surface area contributed by atoms with E-state index >= 15 is 0 Å². The first-order valence-electron chi connectivity index (χ1n) is 10.9. The summed E-state index contributed by atoms with van der Waals surface area (Å²) in [5, 5.41) is 5.65. The van der Waals surface area contributed by atoms with Gasteiger partial charge in [0.1, 0.15) is 5.82 Å². The van der Waals surface area contributed by atoms with E-state index in [1.54, 1.807) is 30.3 Å². The van der Waals surface area contributed by atoms with Crippen LogP contribution in [0.1, 0.15) is 16.8 Å². The topological polar surface area (TPSA) is 71.8 Å². The van der Waals surface area contributed by atoms with Gasteiger partial charge in [0.15, 0.2) is 5.82 Å². The van der Waals surface area contributed by atoms with Crippen LogP contribution in [-0.2, 0) is 23.6 Å². The first kappa shape index (κ1) is 27.5. The van der Waals surface area contributed by atoms with Crippen LogP contribution >= 0.6 is 23.2 Å². The molecule has 0 bridgehead atoms. The van der Waals surface area contributed by atoms with Gasteiger partial charge >= 0.3 is 12.4 Å². The smallest absolute Gasteiger partial charge is 0.367 e. The third-order valence-electron chi connectivity index (χ3n) is 5.40. The van der Waals surface area contributed by atoms with E-state index in [0.29, 0.717) is 23.6 Å². The van der Waals surface area contributed by atoms with Crippen LogP contribution in [0.4, 0.5) is 32.2 Å². The van der Waals surface area contributed by atoms with Crippen LogP contribution in [0.5, 0.6) is 0 Å². The quantitative estimate of drug-likeness (QED) is 0.194. The molecule has 6 nitrogen and oxygen atoms in total. The van der Waals surface area contributed by atoms with Gasteiger partial charge in [-0.1, -0.05) is 41.4 Å². The van der Waals surface area contributed by atoms with Gasteiger partial charge in [0.05, 0.1) is 33.1 Å². The zero-order valence-electron chi connectivity index (χ0n) is 19.1. The zero-order chi connectivity index (χ0) is 27.7. The predicted molar refractivity (Wildman–Crippen MR) is 131 cm³/mol. The minimum absolute atomic E-state index is 0.0251. The van der Waals surface area contributed by atoms with Crippen molar-refractivity contribution in [1.82, 2.24) is 19.9 Å². The molecule has 0 saturated heterocycles. The Balaban J connectivity index is 1.46. The Bertz CT molecular complexity index is 1490. The summed E-state index contributed by atoms with van der Waals surface area (Å²) in [5.41, 5.74) is -0.969. The van der Waals surface area contributed by atoms with E-state index in [2.05, 4.69) is 20.6 Å². The first-order valence-corrected chi connectivity index (χ1v) is 11.7. The van der Waals surface area contributed by atoms with E-state index in [-0.39, 0.29) is 41.2 Å². The third kappa shape index (κ3) is 6.13. The zero-order valence-corrected chi connectivity index (χ0v) is 20.6. The van der Waals surface area contributed by atoms with E-state index in [0.717, 1.165) is 17.5 Å². The lowest BCUT2D eigenvalue weighted by molar-refractivity contribution is -0.138. The fourth-order valence-electron chi connectivity index (χ4n) is 3.68. The molecule has 0 spiro atoms. The number of hydrogen-bond donors (Lipinski definition) is 2. The standard InChI is InChI=1S/C24H17Cl2F6N5O/c25-17-8-14(23(27,28)29)11-35-21(17)34-6-5-33-20(38)10-16-7-13-3-1-2-4-19(13)37(16)22-18(26)9-15(12-36-22)24(30,31)32/h1-4,7-9,11-12H,5-6,10H2,(H,33,38)(H,34,35). The first-order chi connectivity index (χ1) is 17.8. The van der Waals surface area contributed by atoms with Crippen molar-refractivity contribution in [3.8, 4) is 5.82 Å². The fourth-order valence-corrected chi connectivity index (χ4v) is 4.16. The average Bonchev–Trinajstić information content (AvgIpc) is 3.18. The molecule has 3 heterocycles. The second kappa shape index (κ2) is 10.7. The molecule has 0 aliphatic heterocycles. The largest absolute Gasteiger partial charge is 0.417 e. The summed E-state index contributed by atoms with van der Waals surface area (Å²) >= 11 is 12.0. The number of para-hydroxylation sites is 1. The van der Waals surface area contributed by atoms with E-state index < -0.39 is 29.4 Å². The van der Waals surface area contributed by atoms with Crippen LogP contribution in [0.25, 0.3) is 16.7 Å². The molecule has 0 saturated carbocycles. The molecule has 0 radical (unpaired) electrons. The number of pyridine rings is 2. The normalized spacial score (nSPS) is 12.1. The van der Waals surface area contributed by atoms with Crippen LogP contribution in [0, 0.1) is 0 Å². The highest BCUT2D eigenvalue weighted by molar-refractivity contribution is 6.33. The highest BCUT2D eigenvalue weighted by Gasteiger charge is 2.32. The summed E-state index contributed by atoms with van der Waals surface area (Å²) in [6.07, 6.45) is -8.04. The molecule has 1 aromatic carbocycles. The lowest BCUT2D eigenvalue weighted by Gasteiger charge is -2.14. The number of nitrogens with one attached hydrogen (secondary N) is 2. The Hall–Kier alpha value is -3.51. The summed E-state index contributed by atoms with van der Waals surface area (Å²) in [6, 6.07) is 10.2. The number of benzene rings is 1. The highest BCUT2D eigenvalue weighted by Crippen LogP contribution is 2.34. The molecule has 1 amide bonds. The number of nitrogens with zero attached hydrogens (tertiary/aromatic N) is 3. The second-order valence-corrected chi connectivity index (χ2v) is 8.88. The van der Waals surface area contributed by atoms with Gasteiger partial charge in [-0.2, -0.15) is 26.3 Å². The van der Waals surface area contributed by atoms with Crippen molar-refractivity contribution in [3.05, 3.63) is 81.7 Å². The molecule has 38 heavy (non-hydrogen) atoms. The Morgan fingerprint density at radius 2 is 1.50 bits per heavy atom. The second-order valence-electron chi connectivity index (χ2n) is 8.06. The van der Waals surface area contributed by atoms with Gasteiger partial charge in [-0.3, -0.25) is 9.36 Å². The van der Waals surface area contributed by atoms with Gasteiger partial charge in [-0.25, -0.2) is 9.97 Å². The lowest BCUT2D eigenvalue weighted by atomic mass is 10.2. The molecule has 3 aromatic heterocycles. The van der Waals surface area contributed by atoms with Gasteiger partial charge in [-0.05, 0) is 24.3 Å². The van der Waals surface area contributed by atoms with Gasteiger partial charge in [0, 0.05) is 36.6 Å². The minimum Gasteiger partial charge on any atom is -0.367 e. The van der Waals surface area contributed by atoms with E-state index in [1.165, 1.54) is 4.57 Å². The number of amides is 1. The molecular formula is C24H17Cl2F6N5O.